The van der Waals surface area contributed by atoms with Crippen LogP contribution in [0.1, 0.15) is 46.4 Å². The SMILES string of the molecule is Cc1nn(Cc2noc(C(=O)NC(C)c3ccccc3)n2)c(C)c1I. The number of halogens is 1. The highest BCUT2D eigenvalue weighted by Gasteiger charge is 2.19. The topological polar surface area (TPSA) is 85.8 Å². The van der Waals surface area contributed by atoms with Gasteiger partial charge in [0.1, 0.15) is 6.54 Å². The second kappa shape index (κ2) is 7.34. The van der Waals surface area contributed by atoms with Crippen molar-refractivity contribution in [2.75, 3.05) is 0 Å². The van der Waals surface area contributed by atoms with E-state index in [0.717, 1.165) is 20.5 Å². The molecule has 3 aromatic rings. The third kappa shape index (κ3) is 3.89. The van der Waals surface area contributed by atoms with Crippen molar-refractivity contribution in [3.05, 3.63) is 62.6 Å². The number of amides is 1. The molecule has 0 spiro atoms. The summed E-state index contributed by atoms with van der Waals surface area (Å²) < 4.78 is 8.01. The molecule has 0 aliphatic heterocycles. The minimum Gasteiger partial charge on any atom is -0.341 e. The lowest BCUT2D eigenvalue weighted by atomic mass is 10.1. The van der Waals surface area contributed by atoms with Gasteiger partial charge < -0.3 is 9.84 Å². The van der Waals surface area contributed by atoms with Crippen LogP contribution in [0.4, 0.5) is 0 Å². The van der Waals surface area contributed by atoms with Gasteiger partial charge in [-0.15, -0.1) is 0 Å². The Morgan fingerprint density at radius 2 is 2.04 bits per heavy atom. The van der Waals surface area contributed by atoms with Crippen molar-refractivity contribution < 1.29 is 9.32 Å². The van der Waals surface area contributed by atoms with E-state index in [-0.39, 0.29) is 11.9 Å². The molecule has 1 unspecified atom stereocenters. The molecule has 3 rings (SSSR count). The first-order valence-electron chi connectivity index (χ1n) is 7.83. The van der Waals surface area contributed by atoms with Gasteiger partial charge in [-0.2, -0.15) is 10.1 Å². The lowest BCUT2D eigenvalue weighted by Gasteiger charge is -2.12. The van der Waals surface area contributed by atoms with E-state index >= 15 is 0 Å². The lowest BCUT2D eigenvalue weighted by Crippen LogP contribution is -2.26. The van der Waals surface area contributed by atoms with Crippen LogP contribution in [0.3, 0.4) is 0 Å². The quantitative estimate of drug-likeness (QED) is 0.603. The van der Waals surface area contributed by atoms with E-state index in [0.29, 0.717) is 12.4 Å². The molecule has 0 saturated heterocycles. The molecule has 1 atom stereocenters. The van der Waals surface area contributed by atoms with Crippen LogP contribution >= 0.6 is 22.6 Å². The van der Waals surface area contributed by atoms with Gasteiger partial charge in [0.25, 0.3) is 0 Å². The zero-order valence-corrected chi connectivity index (χ0v) is 16.3. The number of carbonyl (C=O) groups is 1. The summed E-state index contributed by atoms with van der Waals surface area (Å²) in [6.45, 7) is 6.20. The summed E-state index contributed by atoms with van der Waals surface area (Å²) in [6, 6.07) is 9.55. The number of hydrogen-bond acceptors (Lipinski definition) is 5. The second-order valence-electron chi connectivity index (χ2n) is 5.76. The summed E-state index contributed by atoms with van der Waals surface area (Å²) in [5, 5.41) is 11.2. The molecule has 8 heteroatoms. The molecule has 0 bridgehead atoms. The Labute approximate surface area is 159 Å². The summed E-state index contributed by atoms with van der Waals surface area (Å²) >= 11 is 2.26. The minimum absolute atomic E-state index is 0.0472. The van der Waals surface area contributed by atoms with Gasteiger partial charge in [-0.05, 0) is 48.9 Å². The Hall–Kier alpha value is -2.23. The number of aromatic nitrogens is 4. The molecule has 1 amide bonds. The van der Waals surface area contributed by atoms with Gasteiger partial charge in [0.05, 0.1) is 15.3 Å². The average Bonchev–Trinajstić information content (AvgIpc) is 3.17. The highest BCUT2D eigenvalue weighted by molar-refractivity contribution is 14.1. The van der Waals surface area contributed by atoms with Crippen molar-refractivity contribution in [2.24, 2.45) is 0 Å². The maximum Gasteiger partial charge on any atom is 0.316 e. The van der Waals surface area contributed by atoms with Gasteiger partial charge >= 0.3 is 11.8 Å². The fraction of sp³-hybridized carbons (Fsp3) is 0.294. The molecule has 7 nitrogen and oxygen atoms in total. The molecule has 1 aromatic carbocycles. The van der Waals surface area contributed by atoms with Crippen molar-refractivity contribution >= 4 is 28.5 Å². The van der Waals surface area contributed by atoms with Gasteiger partial charge in [-0.3, -0.25) is 9.48 Å². The Morgan fingerprint density at radius 1 is 1.32 bits per heavy atom. The Bertz CT molecular complexity index is 888. The number of nitrogens with one attached hydrogen (secondary N) is 1. The number of aryl methyl sites for hydroxylation is 1. The molecule has 0 radical (unpaired) electrons. The third-order valence-corrected chi connectivity index (χ3v) is 5.46. The minimum atomic E-state index is -0.391. The number of hydrogen-bond donors (Lipinski definition) is 1. The molecular formula is C17H18IN5O2. The Morgan fingerprint density at radius 3 is 2.68 bits per heavy atom. The number of rotatable bonds is 5. The number of carbonyl (C=O) groups excluding carboxylic acids is 1. The summed E-state index contributed by atoms with van der Waals surface area (Å²) in [4.78, 5) is 16.5. The second-order valence-corrected chi connectivity index (χ2v) is 6.84. The predicted octanol–water partition coefficient (Wildman–Crippen LogP) is 3.03. The maximum absolute atomic E-state index is 12.3. The first-order valence-corrected chi connectivity index (χ1v) is 8.91. The monoisotopic (exact) mass is 451 g/mol. The van der Waals surface area contributed by atoms with E-state index < -0.39 is 5.91 Å². The fourth-order valence-electron chi connectivity index (χ4n) is 2.46. The van der Waals surface area contributed by atoms with Crippen LogP contribution in [0.5, 0.6) is 0 Å². The molecule has 0 aliphatic carbocycles. The zero-order valence-electron chi connectivity index (χ0n) is 14.2. The normalized spacial score (nSPS) is 12.2. The van der Waals surface area contributed by atoms with Crippen LogP contribution in [0.15, 0.2) is 34.9 Å². The molecule has 2 heterocycles. The van der Waals surface area contributed by atoms with Crippen LogP contribution in [-0.2, 0) is 6.54 Å². The number of benzene rings is 1. The van der Waals surface area contributed by atoms with Gasteiger partial charge in [0.2, 0.25) is 0 Å². The van der Waals surface area contributed by atoms with Crippen molar-refractivity contribution in [3.63, 3.8) is 0 Å². The average molecular weight is 451 g/mol. The largest absolute Gasteiger partial charge is 0.341 e. The van der Waals surface area contributed by atoms with Gasteiger partial charge in [-0.25, -0.2) is 0 Å². The predicted molar refractivity (Wildman–Crippen MR) is 100 cm³/mol. The first kappa shape index (κ1) is 17.6. The van der Waals surface area contributed by atoms with Gasteiger partial charge in [0.15, 0.2) is 5.82 Å². The zero-order chi connectivity index (χ0) is 18.0. The standard InChI is InChI=1S/C17H18IN5O2/c1-10(13-7-5-4-6-8-13)19-16(24)17-20-14(22-25-17)9-23-12(3)15(18)11(2)21-23/h4-8,10H,9H2,1-3H3,(H,19,24). The van der Waals surface area contributed by atoms with E-state index in [2.05, 4.69) is 43.1 Å². The van der Waals surface area contributed by atoms with E-state index in [9.17, 15) is 4.79 Å². The highest BCUT2D eigenvalue weighted by Crippen LogP contribution is 2.16. The van der Waals surface area contributed by atoms with E-state index in [1.54, 1.807) is 4.68 Å². The van der Waals surface area contributed by atoms with Gasteiger partial charge in [-0.1, -0.05) is 35.5 Å². The summed E-state index contributed by atoms with van der Waals surface area (Å²) in [6.07, 6.45) is 0. The summed E-state index contributed by atoms with van der Waals surface area (Å²) in [7, 11) is 0. The molecule has 1 N–H and O–H groups in total. The van der Waals surface area contributed by atoms with Crippen LogP contribution in [0, 0.1) is 17.4 Å². The summed E-state index contributed by atoms with van der Waals surface area (Å²) in [5.41, 5.74) is 3.00. The lowest BCUT2D eigenvalue weighted by molar-refractivity contribution is 0.0895. The number of nitrogens with zero attached hydrogens (tertiary/aromatic N) is 4. The molecule has 2 aromatic heterocycles. The Balaban J connectivity index is 1.68. The fourth-order valence-corrected chi connectivity index (χ4v) is 2.84. The van der Waals surface area contributed by atoms with Crippen LogP contribution in [-0.4, -0.2) is 25.8 Å². The molecule has 130 valence electrons. The smallest absolute Gasteiger partial charge is 0.316 e. The molecule has 25 heavy (non-hydrogen) atoms. The van der Waals surface area contributed by atoms with Crippen molar-refractivity contribution in [1.29, 1.82) is 0 Å². The highest BCUT2D eigenvalue weighted by atomic mass is 127. The van der Waals surface area contributed by atoms with Crippen LogP contribution < -0.4 is 5.32 Å². The molecule has 0 saturated carbocycles. The maximum atomic E-state index is 12.3. The molecule has 0 fully saturated rings. The van der Waals surface area contributed by atoms with E-state index in [4.69, 9.17) is 4.52 Å². The van der Waals surface area contributed by atoms with E-state index in [1.165, 1.54) is 0 Å². The van der Waals surface area contributed by atoms with Crippen molar-refractivity contribution in [3.8, 4) is 0 Å². The molecular weight excluding hydrogens is 433 g/mol. The Kier molecular flexibility index (Phi) is 5.16. The van der Waals surface area contributed by atoms with Crippen LogP contribution in [0.2, 0.25) is 0 Å². The van der Waals surface area contributed by atoms with E-state index in [1.807, 2.05) is 51.1 Å². The van der Waals surface area contributed by atoms with Crippen molar-refractivity contribution in [1.82, 2.24) is 25.2 Å². The first-order chi connectivity index (χ1) is 12.0. The molecule has 0 aliphatic rings. The van der Waals surface area contributed by atoms with Crippen molar-refractivity contribution in [2.45, 2.75) is 33.4 Å². The third-order valence-electron chi connectivity index (χ3n) is 3.89. The summed E-state index contributed by atoms with van der Waals surface area (Å²) in [5.74, 6) is -0.0217. The van der Waals surface area contributed by atoms with Gasteiger partial charge in [0, 0.05) is 5.69 Å². The van der Waals surface area contributed by atoms with Crippen LogP contribution in [0.25, 0.3) is 0 Å².